The SMILES string of the molecule is CC(C)C(Sc1ccc(Cl)c(Cl)c1)C(=O)O. The molecule has 1 N–H and O–H groups in total. The van der Waals surface area contributed by atoms with E-state index in [9.17, 15) is 4.79 Å². The van der Waals surface area contributed by atoms with Gasteiger partial charge in [0, 0.05) is 4.90 Å². The first-order chi connectivity index (χ1) is 7.41. The number of hydrogen-bond donors (Lipinski definition) is 1. The Morgan fingerprint density at radius 1 is 1.31 bits per heavy atom. The van der Waals surface area contributed by atoms with E-state index < -0.39 is 11.2 Å². The van der Waals surface area contributed by atoms with Gasteiger partial charge in [0.25, 0.3) is 0 Å². The third kappa shape index (κ3) is 3.58. The van der Waals surface area contributed by atoms with Crippen LogP contribution in [-0.2, 0) is 4.79 Å². The number of hydrogen-bond acceptors (Lipinski definition) is 2. The zero-order valence-electron chi connectivity index (χ0n) is 8.91. The molecule has 1 aromatic rings. The molecule has 0 saturated heterocycles. The van der Waals surface area contributed by atoms with Crippen molar-refractivity contribution in [3.63, 3.8) is 0 Å². The highest BCUT2D eigenvalue weighted by molar-refractivity contribution is 8.00. The first-order valence-corrected chi connectivity index (χ1v) is 6.40. The van der Waals surface area contributed by atoms with Gasteiger partial charge in [-0.3, -0.25) is 4.79 Å². The molecule has 0 heterocycles. The van der Waals surface area contributed by atoms with Crippen LogP contribution in [0, 0.1) is 5.92 Å². The molecular formula is C11H12Cl2O2S. The molecule has 1 aromatic carbocycles. The average Bonchev–Trinajstić information content (AvgIpc) is 2.18. The molecule has 1 atom stereocenters. The summed E-state index contributed by atoms with van der Waals surface area (Å²) in [5.41, 5.74) is 0. The van der Waals surface area contributed by atoms with Crippen LogP contribution in [0.1, 0.15) is 13.8 Å². The molecule has 1 rings (SSSR count). The minimum atomic E-state index is -0.814. The van der Waals surface area contributed by atoms with E-state index in [0.29, 0.717) is 10.0 Å². The van der Waals surface area contributed by atoms with Gasteiger partial charge in [-0.25, -0.2) is 0 Å². The van der Waals surface area contributed by atoms with E-state index in [2.05, 4.69) is 0 Å². The molecule has 0 saturated carbocycles. The molecule has 0 aliphatic heterocycles. The van der Waals surface area contributed by atoms with Crippen LogP contribution in [0.2, 0.25) is 10.0 Å². The molecule has 0 spiro atoms. The maximum Gasteiger partial charge on any atom is 0.317 e. The van der Waals surface area contributed by atoms with Crippen LogP contribution in [0.5, 0.6) is 0 Å². The third-order valence-electron chi connectivity index (χ3n) is 2.00. The normalized spacial score (nSPS) is 12.8. The molecule has 1 unspecified atom stereocenters. The number of halogens is 2. The molecule has 5 heteroatoms. The summed E-state index contributed by atoms with van der Waals surface area (Å²) < 4.78 is 0. The van der Waals surface area contributed by atoms with Gasteiger partial charge in [0.05, 0.1) is 10.0 Å². The number of carboxylic acids is 1. The topological polar surface area (TPSA) is 37.3 Å². The number of carbonyl (C=O) groups is 1. The van der Waals surface area contributed by atoms with Gasteiger partial charge in [0.1, 0.15) is 5.25 Å². The van der Waals surface area contributed by atoms with E-state index in [-0.39, 0.29) is 5.92 Å². The largest absolute Gasteiger partial charge is 0.480 e. The fraction of sp³-hybridized carbons (Fsp3) is 0.364. The maximum absolute atomic E-state index is 11.0. The van der Waals surface area contributed by atoms with Crippen LogP contribution < -0.4 is 0 Å². The molecule has 0 bridgehead atoms. The van der Waals surface area contributed by atoms with Crippen molar-refractivity contribution in [1.82, 2.24) is 0 Å². The summed E-state index contributed by atoms with van der Waals surface area (Å²) in [7, 11) is 0. The van der Waals surface area contributed by atoms with E-state index in [1.165, 1.54) is 11.8 Å². The molecule has 88 valence electrons. The number of carboxylic acid groups (broad SMARTS) is 1. The van der Waals surface area contributed by atoms with Crippen molar-refractivity contribution in [1.29, 1.82) is 0 Å². The molecule has 16 heavy (non-hydrogen) atoms. The van der Waals surface area contributed by atoms with Gasteiger partial charge in [-0.15, -0.1) is 11.8 Å². The van der Waals surface area contributed by atoms with Crippen molar-refractivity contribution in [2.75, 3.05) is 0 Å². The fourth-order valence-corrected chi connectivity index (χ4v) is 2.53. The predicted octanol–water partition coefficient (Wildman–Crippen LogP) is 4.19. The molecule has 0 radical (unpaired) electrons. The minimum absolute atomic E-state index is 0.0527. The van der Waals surface area contributed by atoms with Crippen LogP contribution in [-0.4, -0.2) is 16.3 Å². The highest BCUT2D eigenvalue weighted by Crippen LogP contribution is 2.32. The Balaban J connectivity index is 2.86. The maximum atomic E-state index is 11.0. The number of benzene rings is 1. The molecule has 0 aliphatic carbocycles. The molecule has 0 aromatic heterocycles. The quantitative estimate of drug-likeness (QED) is 0.839. The summed E-state index contributed by atoms with van der Waals surface area (Å²) in [6.45, 7) is 3.76. The van der Waals surface area contributed by atoms with Crippen LogP contribution >= 0.6 is 35.0 Å². The van der Waals surface area contributed by atoms with Gasteiger partial charge in [-0.1, -0.05) is 37.0 Å². The number of rotatable bonds is 4. The standard InChI is InChI=1S/C11H12Cl2O2S/c1-6(2)10(11(14)15)16-7-3-4-8(12)9(13)5-7/h3-6,10H,1-2H3,(H,14,15). The van der Waals surface area contributed by atoms with Gasteiger partial charge in [0.2, 0.25) is 0 Å². The highest BCUT2D eigenvalue weighted by atomic mass is 35.5. The Kier molecular flexibility index (Phi) is 4.96. The summed E-state index contributed by atoms with van der Waals surface area (Å²) in [6.07, 6.45) is 0. The summed E-state index contributed by atoms with van der Waals surface area (Å²) in [5.74, 6) is -0.761. The Labute approximate surface area is 109 Å². The summed E-state index contributed by atoms with van der Waals surface area (Å²) >= 11 is 12.9. The van der Waals surface area contributed by atoms with Crippen LogP contribution in [0.25, 0.3) is 0 Å². The lowest BCUT2D eigenvalue weighted by molar-refractivity contribution is -0.137. The first-order valence-electron chi connectivity index (χ1n) is 4.76. The molecule has 2 nitrogen and oxygen atoms in total. The summed E-state index contributed by atoms with van der Waals surface area (Å²) in [6, 6.07) is 5.13. The van der Waals surface area contributed by atoms with Crippen molar-refractivity contribution in [2.45, 2.75) is 24.0 Å². The zero-order chi connectivity index (χ0) is 12.3. The number of thioether (sulfide) groups is 1. The van der Waals surface area contributed by atoms with Crippen molar-refractivity contribution in [3.05, 3.63) is 28.2 Å². The van der Waals surface area contributed by atoms with E-state index in [4.69, 9.17) is 28.3 Å². The van der Waals surface area contributed by atoms with Gasteiger partial charge in [-0.2, -0.15) is 0 Å². The van der Waals surface area contributed by atoms with Gasteiger partial charge < -0.3 is 5.11 Å². The lowest BCUT2D eigenvalue weighted by Crippen LogP contribution is -2.22. The zero-order valence-corrected chi connectivity index (χ0v) is 11.2. The van der Waals surface area contributed by atoms with Crippen molar-refractivity contribution < 1.29 is 9.90 Å². The average molecular weight is 279 g/mol. The lowest BCUT2D eigenvalue weighted by atomic mass is 10.1. The van der Waals surface area contributed by atoms with E-state index >= 15 is 0 Å². The van der Waals surface area contributed by atoms with Crippen molar-refractivity contribution in [2.24, 2.45) is 5.92 Å². The number of aliphatic carboxylic acids is 1. The highest BCUT2D eigenvalue weighted by Gasteiger charge is 2.22. The van der Waals surface area contributed by atoms with E-state index in [1.54, 1.807) is 18.2 Å². The Morgan fingerprint density at radius 3 is 2.38 bits per heavy atom. The fourth-order valence-electron chi connectivity index (χ4n) is 1.17. The second-order valence-corrected chi connectivity index (χ2v) is 5.73. The van der Waals surface area contributed by atoms with Crippen molar-refractivity contribution in [3.8, 4) is 0 Å². The van der Waals surface area contributed by atoms with Gasteiger partial charge >= 0.3 is 5.97 Å². The predicted molar refractivity (Wildman–Crippen MR) is 68.6 cm³/mol. The second-order valence-electron chi connectivity index (χ2n) is 3.70. The third-order valence-corrected chi connectivity index (χ3v) is 4.27. The van der Waals surface area contributed by atoms with Gasteiger partial charge in [0.15, 0.2) is 0 Å². The smallest absolute Gasteiger partial charge is 0.317 e. The minimum Gasteiger partial charge on any atom is -0.480 e. The first kappa shape index (κ1) is 13.7. The molecule has 0 aliphatic rings. The van der Waals surface area contributed by atoms with Crippen LogP contribution in [0.4, 0.5) is 0 Å². The molecule has 0 fully saturated rings. The Hall–Kier alpha value is -0.380. The van der Waals surface area contributed by atoms with Crippen molar-refractivity contribution >= 4 is 40.9 Å². The summed E-state index contributed by atoms with van der Waals surface area (Å²) in [5, 5.41) is 9.49. The van der Waals surface area contributed by atoms with E-state index in [0.717, 1.165) is 4.90 Å². The molecular weight excluding hydrogens is 267 g/mol. The molecule has 0 amide bonds. The van der Waals surface area contributed by atoms with Crippen LogP contribution in [0.15, 0.2) is 23.1 Å². The van der Waals surface area contributed by atoms with E-state index in [1.807, 2.05) is 13.8 Å². The Morgan fingerprint density at radius 2 is 1.94 bits per heavy atom. The lowest BCUT2D eigenvalue weighted by Gasteiger charge is -2.15. The second kappa shape index (κ2) is 5.80. The monoisotopic (exact) mass is 278 g/mol. The Bertz CT molecular complexity index is 394. The van der Waals surface area contributed by atoms with Gasteiger partial charge in [-0.05, 0) is 24.1 Å². The van der Waals surface area contributed by atoms with Crippen LogP contribution in [0.3, 0.4) is 0 Å². The summed E-state index contributed by atoms with van der Waals surface area (Å²) in [4.78, 5) is 11.8.